The molecule has 1 aliphatic heterocycles. The van der Waals surface area contributed by atoms with Gasteiger partial charge in [-0.25, -0.2) is 0 Å². The molecule has 0 aliphatic carbocycles. The van der Waals surface area contributed by atoms with Crippen LogP contribution in [0.15, 0.2) is 59.5 Å². The van der Waals surface area contributed by atoms with E-state index >= 15 is 0 Å². The maximum Gasteiger partial charge on any atom is 0.300 e. The fourth-order valence-corrected chi connectivity index (χ4v) is 5.02. The molecule has 0 saturated carbocycles. The number of anilines is 1. The number of aliphatic hydroxyl groups is 1. The number of nitrogens with zero attached hydrogens (tertiary/aromatic N) is 1. The number of carbonyl (C=O) groups is 2. The summed E-state index contributed by atoms with van der Waals surface area (Å²) in [6, 6.07) is 13.0. The predicted molar refractivity (Wildman–Crippen MR) is 126 cm³/mol. The van der Waals surface area contributed by atoms with Gasteiger partial charge in [-0.3, -0.25) is 14.5 Å². The van der Waals surface area contributed by atoms with Gasteiger partial charge in [0.05, 0.1) is 26.9 Å². The smallest absolute Gasteiger partial charge is 0.300 e. The van der Waals surface area contributed by atoms with Gasteiger partial charge in [0.1, 0.15) is 34.6 Å². The molecule has 1 fully saturated rings. The van der Waals surface area contributed by atoms with Gasteiger partial charge in [0.2, 0.25) is 0 Å². The Morgan fingerprint density at radius 2 is 1.64 bits per heavy atom. The first kappa shape index (κ1) is 22.4. The summed E-state index contributed by atoms with van der Waals surface area (Å²) in [6.07, 6.45) is 0. The normalized spacial score (nSPS) is 17.3. The van der Waals surface area contributed by atoms with Gasteiger partial charge < -0.3 is 19.3 Å². The first-order valence-electron chi connectivity index (χ1n) is 10.1. The summed E-state index contributed by atoms with van der Waals surface area (Å²) in [5.41, 5.74) is 1.57. The second kappa shape index (κ2) is 8.99. The third kappa shape index (κ3) is 3.72. The van der Waals surface area contributed by atoms with Crippen LogP contribution >= 0.6 is 11.3 Å². The third-order valence-electron chi connectivity index (χ3n) is 5.59. The minimum absolute atomic E-state index is 0.0313. The zero-order valence-electron chi connectivity index (χ0n) is 18.6. The highest BCUT2D eigenvalue weighted by atomic mass is 32.1. The Hall–Kier alpha value is -3.78. The minimum Gasteiger partial charge on any atom is -0.506 e. The molecule has 1 aromatic heterocycles. The molecule has 1 N–H and O–H groups in total. The highest BCUT2D eigenvalue weighted by Crippen LogP contribution is 2.47. The molecule has 2 heterocycles. The summed E-state index contributed by atoms with van der Waals surface area (Å²) < 4.78 is 16.2. The number of hydrogen-bond acceptors (Lipinski definition) is 7. The van der Waals surface area contributed by atoms with Crippen LogP contribution in [0.2, 0.25) is 0 Å². The van der Waals surface area contributed by atoms with Crippen LogP contribution in [0.25, 0.3) is 5.76 Å². The zero-order chi connectivity index (χ0) is 23.7. The fraction of sp³-hybridized carbons (Fsp3) is 0.200. The van der Waals surface area contributed by atoms with Crippen molar-refractivity contribution in [3.8, 4) is 17.2 Å². The molecule has 4 rings (SSSR count). The maximum absolute atomic E-state index is 13.4. The monoisotopic (exact) mass is 465 g/mol. The van der Waals surface area contributed by atoms with E-state index in [1.165, 1.54) is 37.6 Å². The fourth-order valence-electron chi connectivity index (χ4n) is 3.99. The summed E-state index contributed by atoms with van der Waals surface area (Å²) in [5.74, 6) is -0.701. The third-order valence-corrected chi connectivity index (χ3v) is 6.66. The van der Waals surface area contributed by atoms with Crippen molar-refractivity contribution in [1.82, 2.24) is 0 Å². The van der Waals surface area contributed by atoms with E-state index in [1.807, 2.05) is 18.4 Å². The summed E-state index contributed by atoms with van der Waals surface area (Å²) in [5, 5.41) is 13.3. The molecule has 0 bridgehead atoms. The van der Waals surface area contributed by atoms with Crippen LogP contribution in [0, 0.1) is 6.92 Å². The van der Waals surface area contributed by atoms with E-state index in [9.17, 15) is 14.7 Å². The van der Waals surface area contributed by atoms with Crippen molar-refractivity contribution in [1.29, 1.82) is 0 Å². The Balaban J connectivity index is 2.01. The standard InChI is InChI=1S/C25H23NO6S/c1-14-11-12-33-24(14)21-20(22(27)19-17(31-3)9-6-10-18(19)32-4)23(28)25(29)26(21)15-7-5-8-16(13-15)30-2/h5-13,21,27H,1-4H3/b22-20+. The lowest BCUT2D eigenvalue weighted by atomic mass is 9.97. The molecule has 0 radical (unpaired) electrons. The van der Waals surface area contributed by atoms with Crippen LogP contribution in [0.5, 0.6) is 17.2 Å². The average molecular weight is 466 g/mol. The number of hydrogen-bond donors (Lipinski definition) is 1. The van der Waals surface area contributed by atoms with Crippen molar-refractivity contribution in [2.75, 3.05) is 26.2 Å². The van der Waals surface area contributed by atoms with E-state index in [-0.39, 0.29) is 16.9 Å². The summed E-state index contributed by atoms with van der Waals surface area (Å²) in [6.45, 7) is 1.90. The number of ketones is 1. The van der Waals surface area contributed by atoms with Crippen molar-refractivity contribution >= 4 is 34.5 Å². The van der Waals surface area contributed by atoms with Crippen LogP contribution in [-0.4, -0.2) is 38.1 Å². The van der Waals surface area contributed by atoms with Crippen LogP contribution in [0.4, 0.5) is 5.69 Å². The van der Waals surface area contributed by atoms with Gasteiger partial charge in [-0.05, 0) is 48.2 Å². The van der Waals surface area contributed by atoms with Gasteiger partial charge >= 0.3 is 0 Å². The number of carbonyl (C=O) groups excluding carboxylic acids is 2. The Kier molecular flexibility index (Phi) is 6.11. The SMILES string of the molecule is COc1cccc(N2C(=O)C(=O)/C(=C(/O)c3c(OC)cccc3OC)C2c2sccc2C)c1. The van der Waals surface area contributed by atoms with Gasteiger partial charge in [-0.2, -0.15) is 0 Å². The van der Waals surface area contributed by atoms with Crippen molar-refractivity contribution in [2.45, 2.75) is 13.0 Å². The number of aliphatic hydroxyl groups excluding tert-OH is 1. The molecule has 1 saturated heterocycles. The Bertz CT molecular complexity index is 1240. The summed E-state index contributed by atoms with van der Waals surface area (Å²) in [4.78, 5) is 28.8. The molecule has 1 aliphatic rings. The van der Waals surface area contributed by atoms with Crippen LogP contribution in [0.3, 0.4) is 0 Å². The van der Waals surface area contributed by atoms with Crippen LogP contribution in [-0.2, 0) is 9.59 Å². The van der Waals surface area contributed by atoms with Gasteiger partial charge in [-0.15, -0.1) is 11.3 Å². The maximum atomic E-state index is 13.4. The van der Waals surface area contributed by atoms with Gasteiger partial charge in [0.25, 0.3) is 11.7 Å². The number of methoxy groups -OCH3 is 3. The van der Waals surface area contributed by atoms with E-state index in [1.54, 1.807) is 42.5 Å². The van der Waals surface area contributed by atoms with E-state index in [2.05, 4.69) is 0 Å². The topological polar surface area (TPSA) is 85.3 Å². The number of rotatable bonds is 6. The van der Waals surface area contributed by atoms with Crippen molar-refractivity contribution in [3.05, 3.63) is 75.5 Å². The summed E-state index contributed by atoms with van der Waals surface area (Å²) in [7, 11) is 4.45. The molecule has 1 unspecified atom stereocenters. The van der Waals surface area contributed by atoms with E-state index in [0.29, 0.717) is 22.9 Å². The van der Waals surface area contributed by atoms with E-state index in [4.69, 9.17) is 14.2 Å². The van der Waals surface area contributed by atoms with Gasteiger partial charge in [0, 0.05) is 16.6 Å². The molecule has 1 atom stereocenters. The first-order valence-corrected chi connectivity index (χ1v) is 11.0. The van der Waals surface area contributed by atoms with Crippen molar-refractivity contribution in [3.63, 3.8) is 0 Å². The molecule has 33 heavy (non-hydrogen) atoms. The van der Waals surface area contributed by atoms with E-state index in [0.717, 1.165) is 10.4 Å². The van der Waals surface area contributed by atoms with Gasteiger partial charge in [0.15, 0.2) is 0 Å². The Morgan fingerprint density at radius 3 is 2.21 bits per heavy atom. The molecule has 7 nitrogen and oxygen atoms in total. The summed E-state index contributed by atoms with van der Waals surface area (Å²) >= 11 is 1.41. The number of thiophene rings is 1. The highest BCUT2D eigenvalue weighted by molar-refractivity contribution is 7.10. The minimum atomic E-state index is -0.827. The van der Waals surface area contributed by atoms with Crippen LogP contribution < -0.4 is 19.1 Å². The number of ether oxygens (including phenoxy) is 3. The lowest BCUT2D eigenvalue weighted by Gasteiger charge is -2.25. The second-order valence-electron chi connectivity index (χ2n) is 7.38. The molecule has 0 spiro atoms. The molecule has 1 amide bonds. The van der Waals surface area contributed by atoms with Crippen molar-refractivity contribution in [2.24, 2.45) is 0 Å². The highest BCUT2D eigenvalue weighted by Gasteiger charge is 2.48. The van der Waals surface area contributed by atoms with E-state index < -0.39 is 17.7 Å². The second-order valence-corrected chi connectivity index (χ2v) is 8.32. The van der Waals surface area contributed by atoms with Gasteiger partial charge in [-0.1, -0.05) is 12.1 Å². The van der Waals surface area contributed by atoms with Crippen LogP contribution in [0.1, 0.15) is 22.0 Å². The molecular formula is C25H23NO6S. The number of aryl methyl sites for hydroxylation is 1. The number of benzene rings is 2. The zero-order valence-corrected chi connectivity index (χ0v) is 19.4. The molecule has 2 aromatic carbocycles. The number of Topliss-reactive ketones (excluding diaryl/α,β-unsaturated/α-hetero) is 1. The molecule has 170 valence electrons. The average Bonchev–Trinajstić information content (AvgIpc) is 3.38. The Labute approximate surface area is 195 Å². The number of amides is 1. The first-order chi connectivity index (χ1) is 15.9. The quantitative estimate of drug-likeness (QED) is 0.322. The lowest BCUT2D eigenvalue weighted by molar-refractivity contribution is -0.132. The molecule has 3 aromatic rings. The largest absolute Gasteiger partial charge is 0.506 e. The Morgan fingerprint density at radius 1 is 0.970 bits per heavy atom. The molecule has 8 heteroatoms. The lowest BCUT2D eigenvalue weighted by Crippen LogP contribution is -2.29. The molecular weight excluding hydrogens is 442 g/mol. The van der Waals surface area contributed by atoms with Crippen molar-refractivity contribution < 1.29 is 28.9 Å². The predicted octanol–water partition coefficient (Wildman–Crippen LogP) is 4.71.